The Labute approximate surface area is 122 Å². The van der Waals surface area contributed by atoms with Crippen LogP contribution in [0.5, 0.6) is 11.8 Å². The molecule has 4 N–H and O–H groups in total. The molecule has 112 valence electrons. The first-order valence-corrected chi connectivity index (χ1v) is 6.77. The van der Waals surface area contributed by atoms with Gasteiger partial charge in [0.1, 0.15) is 0 Å². The molecule has 2 rings (SSSR count). The van der Waals surface area contributed by atoms with E-state index in [2.05, 4.69) is 22.3 Å². The summed E-state index contributed by atoms with van der Waals surface area (Å²) < 4.78 is 1.31. The van der Waals surface area contributed by atoms with Crippen molar-refractivity contribution in [1.82, 2.24) is 4.57 Å². The zero-order valence-corrected chi connectivity index (χ0v) is 12.1. The minimum absolute atomic E-state index is 0.0102. The van der Waals surface area contributed by atoms with E-state index in [0.717, 1.165) is 12.8 Å². The van der Waals surface area contributed by atoms with Gasteiger partial charge in [0.2, 0.25) is 17.7 Å². The lowest BCUT2D eigenvalue weighted by atomic mass is 10.2. The standard InChI is InChI=1S/C14H19N5O2/c1-3-4-7-16-14(18-15)17-9-5-6-10-11(8-9)13(21)19(2)12(10)20/h5-6,8,15,20-21H,3-4,7H2,1-2H3,(H,16,17). The minimum Gasteiger partial charge on any atom is -0.494 e. The molecule has 0 saturated heterocycles. The predicted molar refractivity (Wildman–Crippen MR) is 82.2 cm³/mol. The monoisotopic (exact) mass is 289 g/mol. The Morgan fingerprint density at radius 3 is 2.67 bits per heavy atom. The highest BCUT2D eigenvalue weighted by Gasteiger charge is 2.13. The maximum atomic E-state index is 9.95. The third-order valence-corrected chi connectivity index (χ3v) is 3.27. The maximum Gasteiger partial charge on any atom is 0.241 e. The minimum atomic E-state index is -0.0153. The van der Waals surface area contributed by atoms with Gasteiger partial charge in [-0.15, -0.1) is 5.11 Å². The van der Waals surface area contributed by atoms with Crippen LogP contribution in [0.2, 0.25) is 0 Å². The van der Waals surface area contributed by atoms with E-state index in [1.807, 2.05) is 0 Å². The van der Waals surface area contributed by atoms with Crippen molar-refractivity contribution in [2.24, 2.45) is 17.2 Å². The van der Waals surface area contributed by atoms with Crippen LogP contribution in [0, 0.1) is 5.53 Å². The molecule has 1 aromatic heterocycles. The van der Waals surface area contributed by atoms with Crippen LogP contribution in [0.3, 0.4) is 0 Å². The molecular weight excluding hydrogens is 270 g/mol. The Morgan fingerprint density at radius 2 is 2.00 bits per heavy atom. The SMILES string of the molecule is CCCCN=C(N=N)Nc1ccc2c(O)n(C)c(O)c2c1. The Kier molecular flexibility index (Phi) is 4.42. The van der Waals surface area contributed by atoms with Gasteiger partial charge in [-0.1, -0.05) is 13.3 Å². The molecule has 0 fully saturated rings. The molecule has 7 nitrogen and oxygen atoms in total. The van der Waals surface area contributed by atoms with Gasteiger partial charge >= 0.3 is 0 Å². The van der Waals surface area contributed by atoms with Gasteiger partial charge in [0.25, 0.3) is 0 Å². The second-order valence-corrected chi connectivity index (χ2v) is 4.76. The van der Waals surface area contributed by atoms with Crippen LogP contribution in [-0.4, -0.2) is 27.3 Å². The van der Waals surface area contributed by atoms with E-state index in [1.165, 1.54) is 4.57 Å². The molecule has 7 heteroatoms. The van der Waals surface area contributed by atoms with Crippen LogP contribution in [0.4, 0.5) is 5.69 Å². The lowest BCUT2D eigenvalue weighted by Gasteiger charge is -2.05. The van der Waals surface area contributed by atoms with E-state index in [9.17, 15) is 10.2 Å². The molecule has 0 aliphatic carbocycles. The smallest absolute Gasteiger partial charge is 0.241 e. The van der Waals surface area contributed by atoms with Crippen molar-refractivity contribution >= 4 is 22.4 Å². The number of hydrogen-bond donors (Lipinski definition) is 4. The van der Waals surface area contributed by atoms with E-state index in [1.54, 1.807) is 25.2 Å². The van der Waals surface area contributed by atoms with Gasteiger partial charge in [-0.2, -0.15) is 0 Å². The van der Waals surface area contributed by atoms with Crippen LogP contribution < -0.4 is 5.32 Å². The number of hydrogen-bond acceptors (Lipinski definition) is 4. The van der Waals surface area contributed by atoms with Gasteiger partial charge in [0, 0.05) is 30.1 Å². The van der Waals surface area contributed by atoms with Crippen LogP contribution in [-0.2, 0) is 7.05 Å². The summed E-state index contributed by atoms with van der Waals surface area (Å²) in [6.07, 6.45) is 1.96. The van der Waals surface area contributed by atoms with Crippen LogP contribution in [0.15, 0.2) is 28.3 Å². The normalized spacial score (nSPS) is 11.8. The van der Waals surface area contributed by atoms with Crippen molar-refractivity contribution in [2.75, 3.05) is 11.9 Å². The van der Waals surface area contributed by atoms with Crippen molar-refractivity contribution in [3.63, 3.8) is 0 Å². The number of guanidine groups is 1. The number of unbranched alkanes of at least 4 members (excludes halogenated alkanes) is 1. The lowest BCUT2D eigenvalue weighted by Crippen LogP contribution is -2.09. The summed E-state index contributed by atoms with van der Waals surface area (Å²) in [5, 5.41) is 27.2. The summed E-state index contributed by atoms with van der Waals surface area (Å²) in [7, 11) is 1.58. The molecular formula is C14H19N5O2. The zero-order valence-electron chi connectivity index (χ0n) is 12.1. The Hall–Kier alpha value is -2.57. The Balaban J connectivity index is 2.28. The average molecular weight is 289 g/mol. The number of aromatic nitrogens is 1. The second-order valence-electron chi connectivity index (χ2n) is 4.76. The van der Waals surface area contributed by atoms with Gasteiger partial charge in [-0.05, 0) is 24.6 Å². The average Bonchev–Trinajstić information content (AvgIpc) is 2.71. The zero-order chi connectivity index (χ0) is 15.4. The fourth-order valence-corrected chi connectivity index (χ4v) is 2.04. The van der Waals surface area contributed by atoms with E-state index in [-0.39, 0.29) is 17.7 Å². The quantitative estimate of drug-likeness (QED) is 0.300. The van der Waals surface area contributed by atoms with Crippen molar-refractivity contribution in [2.45, 2.75) is 19.8 Å². The molecule has 0 bridgehead atoms. The molecule has 0 radical (unpaired) electrons. The number of aliphatic imine (C=N–C) groups is 1. The summed E-state index contributed by atoms with van der Waals surface area (Å²) in [5.74, 6) is 0.219. The fraction of sp³-hybridized carbons (Fsp3) is 0.357. The van der Waals surface area contributed by atoms with Crippen molar-refractivity contribution in [1.29, 1.82) is 5.53 Å². The second kappa shape index (κ2) is 6.25. The van der Waals surface area contributed by atoms with Crippen LogP contribution in [0.1, 0.15) is 19.8 Å². The van der Waals surface area contributed by atoms with E-state index >= 15 is 0 Å². The number of rotatable bonds is 4. The van der Waals surface area contributed by atoms with Gasteiger partial charge in [0.15, 0.2) is 0 Å². The third-order valence-electron chi connectivity index (χ3n) is 3.27. The van der Waals surface area contributed by atoms with E-state index < -0.39 is 0 Å². The van der Waals surface area contributed by atoms with Crippen LogP contribution in [0.25, 0.3) is 10.8 Å². The van der Waals surface area contributed by atoms with Gasteiger partial charge in [-0.3, -0.25) is 4.57 Å². The first kappa shape index (κ1) is 14.8. The number of nitrogens with zero attached hydrogens (tertiary/aromatic N) is 3. The number of aromatic hydroxyl groups is 2. The highest BCUT2D eigenvalue weighted by Crippen LogP contribution is 2.36. The fourth-order valence-electron chi connectivity index (χ4n) is 2.04. The van der Waals surface area contributed by atoms with Crippen molar-refractivity contribution in [3.8, 4) is 11.8 Å². The molecule has 1 heterocycles. The predicted octanol–water partition coefficient (Wildman–Crippen LogP) is 3.19. The van der Waals surface area contributed by atoms with Gasteiger partial charge in [0.05, 0.1) is 0 Å². The van der Waals surface area contributed by atoms with E-state index in [4.69, 9.17) is 5.53 Å². The largest absolute Gasteiger partial charge is 0.494 e. The molecule has 1 aromatic carbocycles. The van der Waals surface area contributed by atoms with Crippen LogP contribution >= 0.6 is 0 Å². The van der Waals surface area contributed by atoms with Gasteiger partial charge in [-0.25, -0.2) is 10.5 Å². The first-order valence-electron chi connectivity index (χ1n) is 6.77. The summed E-state index contributed by atoms with van der Waals surface area (Å²) >= 11 is 0. The van der Waals surface area contributed by atoms with Crippen molar-refractivity contribution < 1.29 is 10.2 Å². The molecule has 2 aromatic rings. The molecule has 0 unspecified atom stereocenters. The Bertz CT molecular complexity index is 690. The first-order chi connectivity index (χ1) is 10.1. The molecule has 0 spiro atoms. The molecule has 0 saturated carbocycles. The lowest BCUT2D eigenvalue weighted by molar-refractivity contribution is 0.391. The summed E-state index contributed by atoms with van der Waals surface area (Å²) in [6, 6.07) is 5.12. The highest BCUT2D eigenvalue weighted by atomic mass is 16.3. The number of anilines is 1. The number of nitrogens with one attached hydrogen (secondary N) is 2. The maximum absolute atomic E-state index is 9.95. The summed E-state index contributed by atoms with van der Waals surface area (Å²) in [6.45, 7) is 2.68. The number of benzene rings is 1. The molecule has 0 amide bonds. The highest BCUT2D eigenvalue weighted by molar-refractivity contribution is 5.99. The van der Waals surface area contributed by atoms with E-state index in [0.29, 0.717) is 23.0 Å². The van der Waals surface area contributed by atoms with Gasteiger partial charge < -0.3 is 15.5 Å². The third kappa shape index (κ3) is 2.96. The molecule has 0 atom stereocenters. The number of fused-ring (bicyclic) bond motifs is 1. The summed E-state index contributed by atoms with van der Waals surface area (Å²) in [4.78, 5) is 4.19. The Morgan fingerprint density at radius 1 is 1.29 bits per heavy atom. The van der Waals surface area contributed by atoms with Crippen molar-refractivity contribution in [3.05, 3.63) is 18.2 Å². The topological polar surface area (TPSA) is 106 Å². The summed E-state index contributed by atoms with van der Waals surface area (Å²) in [5.41, 5.74) is 7.77. The molecule has 0 aliphatic rings. The molecule has 21 heavy (non-hydrogen) atoms. The molecule has 0 aliphatic heterocycles.